The van der Waals surface area contributed by atoms with Gasteiger partial charge in [-0.2, -0.15) is 0 Å². The van der Waals surface area contributed by atoms with Gasteiger partial charge in [0.1, 0.15) is 5.75 Å². The normalized spacial score (nSPS) is 10.1. The van der Waals surface area contributed by atoms with Gasteiger partial charge in [-0.25, -0.2) is 0 Å². The van der Waals surface area contributed by atoms with Crippen LogP contribution < -0.4 is 15.4 Å². The fourth-order valence-electron chi connectivity index (χ4n) is 1.99. The molecule has 0 radical (unpaired) electrons. The van der Waals surface area contributed by atoms with Crippen LogP contribution in [-0.4, -0.2) is 17.6 Å². The van der Waals surface area contributed by atoms with Crippen molar-refractivity contribution in [2.24, 2.45) is 0 Å². The van der Waals surface area contributed by atoms with E-state index in [1.54, 1.807) is 12.1 Å². The van der Waals surface area contributed by atoms with E-state index in [9.17, 15) is 4.79 Å². The molecule has 0 saturated heterocycles. The van der Waals surface area contributed by atoms with Crippen LogP contribution in [0.15, 0.2) is 46.9 Å². The first-order valence-electron chi connectivity index (χ1n) is 7.61. The topological polar surface area (TPSA) is 50.4 Å². The van der Waals surface area contributed by atoms with Crippen LogP contribution in [0.4, 0.5) is 5.69 Å². The van der Waals surface area contributed by atoms with Crippen LogP contribution >= 0.6 is 28.1 Å². The Hall–Kier alpha value is -1.92. The van der Waals surface area contributed by atoms with Gasteiger partial charge < -0.3 is 10.1 Å². The third kappa shape index (κ3) is 5.32. The van der Waals surface area contributed by atoms with Crippen molar-refractivity contribution in [2.75, 3.05) is 11.9 Å². The second kappa shape index (κ2) is 8.80. The van der Waals surface area contributed by atoms with Gasteiger partial charge in [-0.3, -0.25) is 10.1 Å². The number of benzene rings is 2. The van der Waals surface area contributed by atoms with E-state index in [-0.39, 0.29) is 11.0 Å². The second-order valence-corrected chi connectivity index (χ2v) is 6.59. The van der Waals surface area contributed by atoms with Gasteiger partial charge in [0.25, 0.3) is 5.91 Å². The molecule has 1 amide bonds. The summed E-state index contributed by atoms with van der Waals surface area (Å²) < 4.78 is 6.43. The van der Waals surface area contributed by atoms with Crippen molar-refractivity contribution in [1.29, 1.82) is 0 Å². The van der Waals surface area contributed by atoms with Gasteiger partial charge in [-0.15, -0.1) is 0 Å². The lowest BCUT2D eigenvalue weighted by molar-refractivity contribution is 0.0973. The number of anilines is 1. The summed E-state index contributed by atoms with van der Waals surface area (Å²) in [6.07, 6.45) is 0.866. The molecule has 0 aliphatic carbocycles. The Morgan fingerprint density at radius 3 is 2.58 bits per heavy atom. The van der Waals surface area contributed by atoms with Crippen LogP contribution in [0.5, 0.6) is 5.75 Å². The Morgan fingerprint density at radius 1 is 1.21 bits per heavy atom. The van der Waals surface area contributed by atoms with Crippen LogP contribution in [0.25, 0.3) is 0 Å². The highest BCUT2D eigenvalue weighted by Gasteiger charge is 2.14. The molecule has 2 rings (SSSR count). The number of thiocarbonyl (C=S) groups is 1. The molecule has 0 aliphatic heterocycles. The number of amides is 1. The molecule has 2 aromatic carbocycles. The summed E-state index contributed by atoms with van der Waals surface area (Å²) in [6.45, 7) is 4.57. The molecule has 0 spiro atoms. The highest BCUT2D eigenvalue weighted by Crippen LogP contribution is 2.23. The number of rotatable bonds is 5. The first kappa shape index (κ1) is 18.4. The maximum atomic E-state index is 12.5. The molecular weight excluding hydrogens is 388 g/mol. The Balaban J connectivity index is 2.06. The van der Waals surface area contributed by atoms with Crippen molar-refractivity contribution in [3.05, 3.63) is 58.1 Å². The second-order valence-electron chi connectivity index (χ2n) is 5.26. The molecule has 4 nitrogen and oxygen atoms in total. The molecule has 6 heteroatoms. The highest BCUT2D eigenvalue weighted by atomic mass is 79.9. The van der Waals surface area contributed by atoms with Crippen LogP contribution in [-0.2, 0) is 0 Å². The van der Waals surface area contributed by atoms with E-state index < -0.39 is 0 Å². The molecule has 2 N–H and O–H groups in total. The molecular formula is C18H19BrN2O2S. The minimum absolute atomic E-state index is 0.241. The number of ether oxygens (including phenoxy) is 1. The largest absolute Gasteiger partial charge is 0.493 e. The number of nitrogens with one attached hydrogen (secondary N) is 2. The number of hydrogen-bond donors (Lipinski definition) is 2. The van der Waals surface area contributed by atoms with Gasteiger partial charge in [-0.05, 0) is 55.9 Å². The third-order valence-electron chi connectivity index (χ3n) is 3.18. The maximum absolute atomic E-state index is 12.5. The molecule has 0 saturated carbocycles. The molecule has 0 aromatic heterocycles. The summed E-state index contributed by atoms with van der Waals surface area (Å²) in [5.41, 5.74) is 2.41. The maximum Gasteiger partial charge on any atom is 0.261 e. The summed E-state index contributed by atoms with van der Waals surface area (Å²) in [4.78, 5) is 12.5. The smallest absolute Gasteiger partial charge is 0.261 e. The lowest BCUT2D eigenvalue weighted by atomic mass is 10.2. The van der Waals surface area contributed by atoms with Gasteiger partial charge in [-0.1, -0.05) is 40.5 Å². The van der Waals surface area contributed by atoms with Crippen molar-refractivity contribution in [3.8, 4) is 5.75 Å². The van der Waals surface area contributed by atoms with Crippen molar-refractivity contribution >= 4 is 44.9 Å². The van der Waals surface area contributed by atoms with Gasteiger partial charge >= 0.3 is 0 Å². The summed E-state index contributed by atoms with van der Waals surface area (Å²) >= 11 is 8.59. The van der Waals surface area contributed by atoms with Gasteiger partial charge in [0.15, 0.2) is 5.11 Å². The molecule has 0 fully saturated rings. The molecule has 0 heterocycles. The summed E-state index contributed by atoms with van der Waals surface area (Å²) in [6, 6.07) is 13.1. The van der Waals surface area contributed by atoms with E-state index in [4.69, 9.17) is 17.0 Å². The minimum Gasteiger partial charge on any atom is -0.493 e. The van der Waals surface area contributed by atoms with Crippen LogP contribution in [0.1, 0.15) is 29.3 Å². The van der Waals surface area contributed by atoms with Crippen LogP contribution in [0.3, 0.4) is 0 Å². The quantitative estimate of drug-likeness (QED) is 0.708. The van der Waals surface area contributed by atoms with Gasteiger partial charge in [0.05, 0.1) is 12.2 Å². The van der Waals surface area contributed by atoms with E-state index in [0.29, 0.717) is 17.9 Å². The van der Waals surface area contributed by atoms with Gasteiger partial charge in [0.2, 0.25) is 0 Å². The lowest BCUT2D eigenvalue weighted by Gasteiger charge is -2.13. The monoisotopic (exact) mass is 406 g/mol. The first-order chi connectivity index (χ1) is 11.5. The van der Waals surface area contributed by atoms with E-state index >= 15 is 0 Å². The number of hydrogen-bond acceptors (Lipinski definition) is 3. The van der Waals surface area contributed by atoms with Crippen LogP contribution in [0, 0.1) is 6.92 Å². The number of halogens is 1. The Kier molecular flexibility index (Phi) is 6.75. The first-order valence-corrected chi connectivity index (χ1v) is 8.81. The van der Waals surface area contributed by atoms with Crippen molar-refractivity contribution in [1.82, 2.24) is 5.32 Å². The highest BCUT2D eigenvalue weighted by molar-refractivity contribution is 9.10. The van der Waals surface area contributed by atoms with Crippen LogP contribution in [0.2, 0.25) is 0 Å². The third-order valence-corrected chi connectivity index (χ3v) is 3.88. The van der Waals surface area contributed by atoms with Crippen molar-refractivity contribution in [3.63, 3.8) is 0 Å². The van der Waals surface area contributed by atoms with Gasteiger partial charge in [0, 0.05) is 10.2 Å². The predicted octanol–water partition coefficient (Wildman–Crippen LogP) is 4.67. The Bertz CT molecular complexity index is 732. The standard InChI is InChI=1S/C18H19BrN2O2S/c1-3-10-23-16-9-6-13(19)11-15(16)17(22)21-18(24)20-14-7-4-12(2)5-8-14/h4-9,11H,3,10H2,1-2H3,(H2,20,21,22,24). The Morgan fingerprint density at radius 2 is 1.92 bits per heavy atom. The van der Waals surface area contributed by atoms with E-state index in [2.05, 4.69) is 26.6 Å². The molecule has 0 atom stereocenters. The zero-order chi connectivity index (χ0) is 17.5. The van der Waals surface area contributed by atoms with Crippen molar-refractivity contribution < 1.29 is 9.53 Å². The molecule has 0 unspecified atom stereocenters. The molecule has 0 bridgehead atoms. The van der Waals surface area contributed by atoms with E-state index in [1.807, 2.05) is 44.2 Å². The summed E-state index contributed by atoms with van der Waals surface area (Å²) in [5.74, 6) is 0.225. The SMILES string of the molecule is CCCOc1ccc(Br)cc1C(=O)NC(=S)Nc1ccc(C)cc1. The molecule has 0 aliphatic rings. The van der Waals surface area contributed by atoms with E-state index in [0.717, 1.165) is 22.1 Å². The molecule has 24 heavy (non-hydrogen) atoms. The minimum atomic E-state index is -0.313. The van der Waals surface area contributed by atoms with Crippen molar-refractivity contribution in [2.45, 2.75) is 20.3 Å². The van der Waals surface area contributed by atoms with E-state index in [1.165, 1.54) is 0 Å². The number of carbonyl (C=O) groups excluding carboxylic acids is 1. The zero-order valence-corrected chi connectivity index (χ0v) is 16.0. The lowest BCUT2D eigenvalue weighted by Crippen LogP contribution is -2.34. The average molecular weight is 407 g/mol. The molecule has 126 valence electrons. The predicted molar refractivity (Wildman–Crippen MR) is 105 cm³/mol. The fraction of sp³-hybridized carbons (Fsp3) is 0.222. The Labute approximate surface area is 155 Å². The fourth-order valence-corrected chi connectivity index (χ4v) is 2.56. The zero-order valence-electron chi connectivity index (χ0n) is 13.6. The average Bonchev–Trinajstić information content (AvgIpc) is 2.55. The number of aryl methyl sites for hydroxylation is 1. The summed E-state index contributed by atoms with van der Waals surface area (Å²) in [5, 5.41) is 5.92. The summed E-state index contributed by atoms with van der Waals surface area (Å²) in [7, 11) is 0. The number of carbonyl (C=O) groups is 1. The molecule has 2 aromatic rings.